The number of carbonyl (C=O) groups excluding carboxylic acids is 2. The number of furan rings is 1. The van der Waals surface area contributed by atoms with E-state index in [1.54, 1.807) is 30.0 Å². The third kappa shape index (κ3) is 3.53. The monoisotopic (exact) mass is 329 g/mol. The highest BCUT2D eigenvalue weighted by molar-refractivity contribution is 5.91. The zero-order chi connectivity index (χ0) is 16.9. The number of rotatable bonds is 4. The lowest BCUT2D eigenvalue weighted by Gasteiger charge is -2.34. The quantitative estimate of drug-likeness (QED) is 0.911. The van der Waals surface area contributed by atoms with Gasteiger partial charge in [-0.15, -0.1) is 10.2 Å². The molecule has 126 valence electrons. The van der Waals surface area contributed by atoms with Crippen molar-refractivity contribution in [2.45, 2.75) is 13.3 Å². The van der Waals surface area contributed by atoms with Crippen molar-refractivity contribution in [1.29, 1.82) is 0 Å². The van der Waals surface area contributed by atoms with E-state index in [0.29, 0.717) is 44.2 Å². The van der Waals surface area contributed by atoms with Crippen molar-refractivity contribution in [3.05, 3.63) is 36.3 Å². The molecule has 1 saturated heterocycles. The highest BCUT2D eigenvalue weighted by Gasteiger charge is 2.24. The van der Waals surface area contributed by atoms with Crippen LogP contribution in [0.15, 0.2) is 34.9 Å². The largest absolute Gasteiger partial charge is 0.459 e. The molecule has 3 heterocycles. The average Bonchev–Trinajstić information content (AvgIpc) is 3.16. The maximum Gasteiger partial charge on any atom is 0.289 e. The Labute approximate surface area is 139 Å². The van der Waals surface area contributed by atoms with Gasteiger partial charge in [-0.25, -0.2) is 0 Å². The second-order valence-electron chi connectivity index (χ2n) is 5.44. The van der Waals surface area contributed by atoms with Crippen molar-refractivity contribution in [2.75, 3.05) is 36.4 Å². The molecule has 1 fully saturated rings. The zero-order valence-electron chi connectivity index (χ0n) is 13.4. The van der Waals surface area contributed by atoms with Gasteiger partial charge in [0.15, 0.2) is 17.4 Å². The minimum absolute atomic E-state index is 0.0941. The summed E-state index contributed by atoms with van der Waals surface area (Å²) in [4.78, 5) is 27.4. The molecule has 3 rings (SSSR count). The highest BCUT2D eigenvalue weighted by atomic mass is 16.3. The minimum atomic E-state index is -0.0953. The Bertz CT molecular complexity index is 691. The van der Waals surface area contributed by atoms with Crippen LogP contribution in [-0.4, -0.2) is 53.1 Å². The number of anilines is 2. The summed E-state index contributed by atoms with van der Waals surface area (Å²) in [5.74, 6) is 1.34. The zero-order valence-corrected chi connectivity index (χ0v) is 13.4. The summed E-state index contributed by atoms with van der Waals surface area (Å²) in [7, 11) is 0. The second-order valence-corrected chi connectivity index (χ2v) is 5.44. The van der Waals surface area contributed by atoms with Gasteiger partial charge >= 0.3 is 0 Å². The van der Waals surface area contributed by atoms with Gasteiger partial charge in [-0.1, -0.05) is 6.92 Å². The van der Waals surface area contributed by atoms with Crippen LogP contribution in [-0.2, 0) is 4.79 Å². The molecule has 0 atom stereocenters. The predicted molar refractivity (Wildman–Crippen MR) is 87.8 cm³/mol. The fourth-order valence-corrected chi connectivity index (χ4v) is 2.49. The average molecular weight is 329 g/mol. The molecule has 0 aliphatic carbocycles. The molecule has 8 nitrogen and oxygen atoms in total. The van der Waals surface area contributed by atoms with Crippen LogP contribution in [0.3, 0.4) is 0 Å². The highest BCUT2D eigenvalue weighted by Crippen LogP contribution is 2.16. The lowest BCUT2D eigenvalue weighted by atomic mass is 10.3. The molecule has 24 heavy (non-hydrogen) atoms. The first-order valence-corrected chi connectivity index (χ1v) is 7.88. The lowest BCUT2D eigenvalue weighted by Crippen LogP contribution is -2.49. The van der Waals surface area contributed by atoms with Crippen LogP contribution in [0.1, 0.15) is 23.9 Å². The van der Waals surface area contributed by atoms with Crippen molar-refractivity contribution in [3.63, 3.8) is 0 Å². The Kier molecular flexibility index (Phi) is 4.74. The number of carbonyl (C=O) groups is 2. The lowest BCUT2D eigenvalue weighted by molar-refractivity contribution is -0.115. The summed E-state index contributed by atoms with van der Waals surface area (Å²) in [5, 5.41) is 10.8. The van der Waals surface area contributed by atoms with Crippen molar-refractivity contribution < 1.29 is 14.0 Å². The third-order valence-electron chi connectivity index (χ3n) is 3.86. The van der Waals surface area contributed by atoms with E-state index in [9.17, 15) is 9.59 Å². The Morgan fingerprint density at radius 2 is 1.96 bits per heavy atom. The Balaban J connectivity index is 1.56. The maximum absolute atomic E-state index is 12.2. The molecular formula is C16H19N5O3. The molecule has 0 spiro atoms. The fourth-order valence-electron chi connectivity index (χ4n) is 2.49. The van der Waals surface area contributed by atoms with Crippen LogP contribution in [0.5, 0.6) is 0 Å². The molecule has 0 aromatic carbocycles. The fraction of sp³-hybridized carbons (Fsp3) is 0.375. The van der Waals surface area contributed by atoms with E-state index >= 15 is 0 Å². The van der Waals surface area contributed by atoms with Crippen LogP contribution < -0.4 is 10.2 Å². The number of nitrogens with zero attached hydrogens (tertiary/aromatic N) is 4. The van der Waals surface area contributed by atoms with Crippen LogP contribution in [0.25, 0.3) is 0 Å². The molecule has 1 aliphatic heterocycles. The van der Waals surface area contributed by atoms with Gasteiger partial charge in [0.25, 0.3) is 5.91 Å². The molecule has 0 saturated carbocycles. The normalized spacial score (nSPS) is 14.5. The first kappa shape index (κ1) is 16.0. The van der Waals surface area contributed by atoms with Crippen molar-refractivity contribution in [3.8, 4) is 0 Å². The summed E-state index contributed by atoms with van der Waals surface area (Å²) in [5.41, 5.74) is 0. The van der Waals surface area contributed by atoms with Crippen LogP contribution in [0.2, 0.25) is 0 Å². The summed E-state index contributed by atoms with van der Waals surface area (Å²) in [6.45, 7) is 4.30. The number of nitrogens with one attached hydrogen (secondary N) is 1. The van der Waals surface area contributed by atoms with Gasteiger partial charge in [-0.05, 0) is 24.3 Å². The topological polar surface area (TPSA) is 91.6 Å². The molecule has 0 bridgehead atoms. The van der Waals surface area contributed by atoms with Gasteiger partial charge < -0.3 is 19.5 Å². The maximum atomic E-state index is 12.2. The molecule has 8 heteroatoms. The predicted octanol–water partition coefficient (Wildman–Crippen LogP) is 1.38. The molecule has 1 aliphatic rings. The van der Waals surface area contributed by atoms with E-state index in [0.717, 1.165) is 5.82 Å². The van der Waals surface area contributed by atoms with E-state index in [-0.39, 0.29) is 11.8 Å². The standard InChI is InChI=1S/C16H19N5O3/c1-2-15(22)17-13-5-6-14(19-18-13)20-7-9-21(10-8-20)16(23)12-4-3-11-24-12/h3-6,11H,2,7-10H2,1H3,(H,17,18,22). The summed E-state index contributed by atoms with van der Waals surface area (Å²) in [6.07, 6.45) is 1.90. The van der Waals surface area contributed by atoms with Crippen LogP contribution in [0.4, 0.5) is 11.6 Å². The Morgan fingerprint density at radius 1 is 1.17 bits per heavy atom. The first-order chi connectivity index (χ1) is 11.7. The smallest absolute Gasteiger partial charge is 0.289 e. The van der Waals surface area contributed by atoms with Crippen LogP contribution >= 0.6 is 0 Å². The van der Waals surface area contributed by atoms with E-state index in [1.807, 2.05) is 6.07 Å². The first-order valence-electron chi connectivity index (χ1n) is 7.88. The molecule has 1 N–H and O–H groups in total. The molecular weight excluding hydrogens is 310 g/mol. The van der Waals surface area contributed by atoms with Gasteiger partial charge in [-0.3, -0.25) is 9.59 Å². The van der Waals surface area contributed by atoms with E-state index in [1.165, 1.54) is 6.26 Å². The van der Waals surface area contributed by atoms with Crippen LogP contribution in [0, 0.1) is 0 Å². The van der Waals surface area contributed by atoms with Gasteiger partial charge in [0.2, 0.25) is 5.91 Å². The Morgan fingerprint density at radius 3 is 2.54 bits per heavy atom. The van der Waals surface area contributed by atoms with Gasteiger partial charge in [0.1, 0.15) is 0 Å². The number of hydrogen-bond donors (Lipinski definition) is 1. The SMILES string of the molecule is CCC(=O)Nc1ccc(N2CCN(C(=O)c3ccco3)CC2)nn1. The minimum Gasteiger partial charge on any atom is -0.459 e. The van der Waals surface area contributed by atoms with Gasteiger partial charge in [0, 0.05) is 32.6 Å². The summed E-state index contributed by atoms with van der Waals surface area (Å²) in [6, 6.07) is 6.93. The number of amides is 2. The van der Waals surface area contributed by atoms with Gasteiger partial charge in [-0.2, -0.15) is 0 Å². The number of aromatic nitrogens is 2. The van der Waals surface area contributed by atoms with Crippen molar-refractivity contribution >= 4 is 23.5 Å². The second kappa shape index (κ2) is 7.12. The van der Waals surface area contributed by atoms with Crippen molar-refractivity contribution in [2.24, 2.45) is 0 Å². The summed E-state index contributed by atoms with van der Waals surface area (Å²) >= 11 is 0. The number of hydrogen-bond acceptors (Lipinski definition) is 6. The van der Waals surface area contributed by atoms with E-state index in [4.69, 9.17) is 4.42 Å². The van der Waals surface area contributed by atoms with Gasteiger partial charge in [0.05, 0.1) is 6.26 Å². The molecule has 2 aromatic rings. The number of piperazine rings is 1. The molecule has 0 radical (unpaired) electrons. The van der Waals surface area contributed by atoms with E-state index < -0.39 is 0 Å². The Hall–Kier alpha value is -2.90. The van der Waals surface area contributed by atoms with E-state index in [2.05, 4.69) is 20.4 Å². The molecule has 2 aromatic heterocycles. The molecule has 0 unspecified atom stereocenters. The molecule has 2 amide bonds. The summed E-state index contributed by atoms with van der Waals surface area (Å²) < 4.78 is 5.15. The van der Waals surface area contributed by atoms with Crippen molar-refractivity contribution in [1.82, 2.24) is 15.1 Å². The third-order valence-corrected chi connectivity index (χ3v) is 3.86.